The third kappa shape index (κ3) is 3.49. The molecule has 0 saturated heterocycles. The zero-order chi connectivity index (χ0) is 21.6. The van der Waals surface area contributed by atoms with Gasteiger partial charge in [-0.1, -0.05) is 0 Å². The summed E-state index contributed by atoms with van der Waals surface area (Å²) in [5.41, 5.74) is 1.70. The van der Waals surface area contributed by atoms with Crippen molar-refractivity contribution in [3.8, 4) is 0 Å². The molecule has 0 spiro atoms. The maximum atomic E-state index is 13.2. The molecule has 4 rings (SSSR count). The molecule has 2 amide bonds. The van der Waals surface area contributed by atoms with E-state index in [-0.39, 0.29) is 24.0 Å². The molecule has 1 saturated carbocycles. The van der Waals surface area contributed by atoms with Crippen LogP contribution < -0.4 is 20.4 Å². The minimum Gasteiger partial charge on any atom is -0.465 e. The molecule has 0 unspecified atom stereocenters. The second-order valence-corrected chi connectivity index (χ2v) is 7.70. The molecule has 1 aliphatic heterocycles. The first-order valence-corrected chi connectivity index (χ1v) is 9.71. The Morgan fingerprint density at radius 1 is 1.30 bits per heavy atom. The molecule has 30 heavy (non-hydrogen) atoms. The van der Waals surface area contributed by atoms with Gasteiger partial charge in [0.2, 0.25) is 11.9 Å². The van der Waals surface area contributed by atoms with E-state index in [1.807, 2.05) is 7.05 Å². The number of aryl methyl sites for hydroxylation is 1. The van der Waals surface area contributed by atoms with Gasteiger partial charge in [0.25, 0.3) is 0 Å². The number of benzene rings is 1. The third-order valence-electron chi connectivity index (χ3n) is 5.74. The number of carbonyl (C=O) groups excluding carboxylic acids is 1. The Hall–Kier alpha value is -3.43. The van der Waals surface area contributed by atoms with E-state index in [1.54, 1.807) is 18.7 Å². The fraction of sp³-hybridized carbons (Fsp3) is 0.400. The van der Waals surface area contributed by atoms with E-state index in [4.69, 9.17) is 0 Å². The number of rotatable bonds is 4. The first-order chi connectivity index (χ1) is 14.2. The molecule has 1 atom stereocenters. The van der Waals surface area contributed by atoms with Crippen molar-refractivity contribution in [2.24, 2.45) is 0 Å². The highest BCUT2D eigenvalue weighted by Gasteiger charge is 2.38. The molecule has 1 aromatic heterocycles. The largest absolute Gasteiger partial charge is 0.465 e. The lowest BCUT2D eigenvalue weighted by atomic mass is 9.85. The van der Waals surface area contributed by atoms with Gasteiger partial charge in [-0.05, 0) is 51.0 Å². The second kappa shape index (κ2) is 7.43. The minimum absolute atomic E-state index is 0.00987. The normalized spacial score (nSPS) is 22.6. The summed E-state index contributed by atoms with van der Waals surface area (Å²) in [7, 11) is 1.81. The number of likely N-dealkylation sites (N-methyl/N-ethyl adjacent to an activating group) is 1. The summed E-state index contributed by atoms with van der Waals surface area (Å²) < 4.78 is 13.2. The van der Waals surface area contributed by atoms with Crippen LogP contribution in [0.15, 0.2) is 24.3 Å². The van der Waals surface area contributed by atoms with Crippen LogP contribution in [0.5, 0.6) is 0 Å². The van der Waals surface area contributed by atoms with Crippen LogP contribution in [-0.2, 0) is 4.79 Å². The Bertz CT molecular complexity index is 993. The van der Waals surface area contributed by atoms with Crippen molar-refractivity contribution >= 4 is 35.1 Å². The number of aromatic nitrogens is 2. The van der Waals surface area contributed by atoms with Crippen LogP contribution >= 0.6 is 0 Å². The van der Waals surface area contributed by atoms with Crippen LogP contribution in [0, 0.1) is 12.7 Å². The molecular weight excluding hydrogens is 391 g/mol. The molecule has 0 bridgehead atoms. The summed E-state index contributed by atoms with van der Waals surface area (Å²) in [6, 6.07) is 4.88. The Morgan fingerprint density at radius 2 is 1.97 bits per heavy atom. The van der Waals surface area contributed by atoms with E-state index < -0.39 is 11.9 Å². The van der Waals surface area contributed by atoms with Gasteiger partial charge >= 0.3 is 6.09 Å². The molecule has 1 aromatic carbocycles. The van der Waals surface area contributed by atoms with Gasteiger partial charge in [-0.2, -0.15) is 4.98 Å². The maximum absolute atomic E-state index is 13.2. The number of anilines is 4. The molecule has 3 N–H and O–H groups in total. The number of hydrogen-bond acceptors (Lipinski definition) is 6. The van der Waals surface area contributed by atoms with E-state index >= 15 is 0 Å². The van der Waals surface area contributed by atoms with Crippen molar-refractivity contribution < 1.29 is 19.1 Å². The average molecular weight is 414 g/mol. The highest BCUT2D eigenvalue weighted by atomic mass is 19.1. The SMILES string of the molecule is Cc1nc(NC2CC(N(C(=O)O)c3ccc(F)cc3)C2)nc2c1NC(=O)[C@H](C)N2C. The Labute approximate surface area is 172 Å². The zero-order valence-electron chi connectivity index (χ0n) is 16.9. The van der Waals surface area contributed by atoms with Crippen molar-refractivity contribution in [1.82, 2.24) is 9.97 Å². The van der Waals surface area contributed by atoms with Crippen LogP contribution in [0.2, 0.25) is 0 Å². The van der Waals surface area contributed by atoms with Crippen LogP contribution in [0.4, 0.5) is 32.3 Å². The van der Waals surface area contributed by atoms with Crippen molar-refractivity contribution in [3.05, 3.63) is 35.8 Å². The molecular formula is C20H23FN6O3. The van der Waals surface area contributed by atoms with Crippen molar-refractivity contribution in [3.63, 3.8) is 0 Å². The van der Waals surface area contributed by atoms with E-state index in [0.717, 1.165) is 0 Å². The number of fused-ring (bicyclic) bond motifs is 1. The lowest BCUT2D eigenvalue weighted by Gasteiger charge is -2.42. The lowest BCUT2D eigenvalue weighted by Crippen LogP contribution is -2.52. The van der Waals surface area contributed by atoms with Crippen LogP contribution in [-0.4, -0.2) is 52.2 Å². The molecule has 158 valence electrons. The summed E-state index contributed by atoms with van der Waals surface area (Å²) in [5, 5.41) is 15.7. The van der Waals surface area contributed by atoms with Crippen molar-refractivity contribution in [2.75, 3.05) is 27.5 Å². The Morgan fingerprint density at radius 3 is 2.60 bits per heavy atom. The number of hydrogen-bond donors (Lipinski definition) is 3. The summed E-state index contributed by atoms with van der Waals surface area (Å²) in [4.78, 5) is 35.8. The van der Waals surface area contributed by atoms with E-state index in [9.17, 15) is 19.1 Å². The van der Waals surface area contributed by atoms with Gasteiger partial charge in [-0.3, -0.25) is 9.69 Å². The number of amides is 2. The van der Waals surface area contributed by atoms with E-state index in [2.05, 4.69) is 20.6 Å². The average Bonchev–Trinajstić information content (AvgIpc) is 2.66. The summed E-state index contributed by atoms with van der Waals surface area (Å²) in [5.74, 6) is 0.571. The smallest absolute Gasteiger partial charge is 0.412 e. The van der Waals surface area contributed by atoms with Gasteiger partial charge in [0.05, 0.1) is 5.69 Å². The van der Waals surface area contributed by atoms with Crippen molar-refractivity contribution in [1.29, 1.82) is 0 Å². The van der Waals surface area contributed by atoms with Gasteiger partial charge in [-0.25, -0.2) is 14.2 Å². The Kier molecular flexibility index (Phi) is 4.92. The third-order valence-corrected chi connectivity index (χ3v) is 5.74. The van der Waals surface area contributed by atoms with Crippen molar-refractivity contribution in [2.45, 2.75) is 44.8 Å². The van der Waals surface area contributed by atoms with Gasteiger partial charge in [-0.15, -0.1) is 0 Å². The monoisotopic (exact) mass is 414 g/mol. The molecule has 2 aliphatic rings. The summed E-state index contributed by atoms with van der Waals surface area (Å²) >= 11 is 0. The topological polar surface area (TPSA) is 111 Å². The molecule has 1 aliphatic carbocycles. The van der Waals surface area contributed by atoms with Gasteiger partial charge in [0, 0.05) is 24.8 Å². The highest BCUT2D eigenvalue weighted by Crippen LogP contribution is 2.35. The quantitative estimate of drug-likeness (QED) is 0.705. The predicted octanol–water partition coefficient (Wildman–Crippen LogP) is 2.83. The van der Waals surface area contributed by atoms with E-state index in [0.29, 0.717) is 41.7 Å². The predicted molar refractivity (Wildman–Crippen MR) is 111 cm³/mol. The fourth-order valence-electron chi connectivity index (χ4n) is 3.79. The first kappa shape index (κ1) is 19.9. The first-order valence-electron chi connectivity index (χ1n) is 9.71. The maximum Gasteiger partial charge on any atom is 0.412 e. The molecule has 2 heterocycles. The Balaban J connectivity index is 1.46. The number of carbonyl (C=O) groups is 2. The molecule has 2 aromatic rings. The minimum atomic E-state index is -1.07. The number of nitrogens with one attached hydrogen (secondary N) is 2. The standard InChI is InChI=1S/C20H23FN6O3/c1-10-16-17(26(3)11(2)18(28)24-16)25-19(22-10)23-13-8-15(9-13)27(20(29)30)14-6-4-12(21)5-7-14/h4-7,11,13,15H,8-9H2,1-3H3,(H,24,28)(H,29,30)(H,22,23,25)/t11-,13?,15?/m0/s1. The van der Waals surface area contributed by atoms with E-state index in [1.165, 1.54) is 29.2 Å². The molecule has 10 heteroatoms. The molecule has 0 radical (unpaired) electrons. The van der Waals surface area contributed by atoms with Crippen LogP contribution in [0.3, 0.4) is 0 Å². The summed E-state index contributed by atoms with van der Waals surface area (Å²) in [6.45, 7) is 3.61. The highest BCUT2D eigenvalue weighted by molar-refractivity contribution is 6.03. The van der Waals surface area contributed by atoms with Gasteiger partial charge in [0.15, 0.2) is 5.82 Å². The van der Waals surface area contributed by atoms with Gasteiger partial charge < -0.3 is 20.6 Å². The molecule has 9 nitrogen and oxygen atoms in total. The second-order valence-electron chi connectivity index (χ2n) is 7.70. The lowest BCUT2D eigenvalue weighted by molar-refractivity contribution is -0.117. The fourth-order valence-corrected chi connectivity index (χ4v) is 3.79. The van der Waals surface area contributed by atoms with Crippen LogP contribution in [0.1, 0.15) is 25.5 Å². The number of carboxylic acid groups (broad SMARTS) is 1. The molecule has 1 fully saturated rings. The number of halogens is 1. The van der Waals surface area contributed by atoms with Crippen LogP contribution in [0.25, 0.3) is 0 Å². The zero-order valence-corrected chi connectivity index (χ0v) is 16.9. The van der Waals surface area contributed by atoms with Gasteiger partial charge in [0.1, 0.15) is 17.5 Å². The number of nitrogens with zero attached hydrogens (tertiary/aromatic N) is 4. The summed E-state index contributed by atoms with van der Waals surface area (Å²) in [6.07, 6.45) is 0.0791.